The van der Waals surface area contributed by atoms with E-state index in [2.05, 4.69) is 0 Å². The number of primary amides is 1. The number of carboxylic acids is 1. The van der Waals surface area contributed by atoms with Crippen molar-refractivity contribution in [2.75, 3.05) is 7.05 Å². The van der Waals surface area contributed by atoms with Crippen molar-refractivity contribution in [3.05, 3.63) is 29.3 Å². The van der Waals surface area contributed by atoms with Gasteiger partial charge in [-0.25, -0.2) is 8.42 Å². The molecule has 0 aliphatic heterocycles. The second-order valence-corrected chi connectivity index (χ2v) is 6.62. The smallest absolute Gasteiger partial charge is 0.321 e. The number of rotatable bonds is 6. The fraction of sp³-hybridized carbons (Fsp3) is 0.385. The Morgan fingerprint density at radius 3 is 2.38 bits per heavy atom. The molecule has 0 bridgehead atoms. The zero-order valence-corrected chi connectivity index (χ0v) is 12.8. The number of hydrogen-bond donors (Lipinski definition) is 2. The van der Waals surface area contributed by atoms with E-state index < -0.39 is 27.9 Å². The molecule has 0 spiro atoms. The van der Waals surface area contributed by atoms with Gasteiger partial charge in [-0.3, -0.25) is 9.59 Å². The number of carbonyl (C=O) groups is 2. The second-order valence-electron chi connectivity index (χ2n) is 4.62. The summed E-state index contributed by atoms with van der Waals surface area (Å²) in [4.78, 5) is 22.2. The minimum absolute atomic E-state index is 0.0906. The highest BCUT2D eigenvalue weighted by atomic mass is 32.2. The molecule has 1 aromatic carbocycles. The number of hydrogen-bond acceptors (Lipinski definition) is 4. The fourth-order valence-corrected chi connectivity index (χ4v) is 3.36. The maximum absolute atomic E-state index is 12.4. The van der Waals surface area contributed by atoms with Crippen LogP contribution in [0.15, 0.2) is 23.1 Å². The van der Waals surface area contributed by atoms with Gasteiger partial charge in [0, 0.05) is 12.6 Å². The van der Waals surface area contributed by atoms with E-state index in [-0.39, 0.29) is 16.9 Å². The van der Waals surface area contributed by atoms with Crippen LogP contribution in [-0.2, 0) is 14.8 Å². The van der Waals surface area contributed by atoms with E-state index >= 15 is 0 Å². The van der Waals surface area contributed by atoms with E-state index in [4.69, 9.17) is 10.8 Å². The minimum Gasteiger partial charge on any atom is -0.480 e. The number of nitrogens with zero attached hydrogens (tertiary/aromatic N) is 1. The first-order valence-electron chi connectivity index (χ1n) is 6.24. The van der Waals surface area contributed by atoms with Crippen molar-refractivity contribution in [2.24, 2.45) is 5.73 Å². The number of carbonyl (C=O) groups excluding carboxylic acids is 1. The van der Waals surface area contributed by atoms with Gasteiger partial charge < -0.3 is 10.8 Å². The van der Waals surface area contributed by atoms with Gasteiger partial charge in [-0.15, -0.1) is 0 Å². The van der Waals surface area contributed by atoms with E-state index in [0.29, 0.717) is 5.56 Å². The first kappa shape index (κ1) is 17.1. The van der Waals surface area contributed by atoms with Gasteiger partial charge in [-0.1, -0.05) is 13.0 Å². The SMILES string of the molecule is CCC(C(=O)O)N(C)S(=O)(=O)c1ccc(C)c(C(N)=O)c1. The van der Waals surface area contributed by atoms with Gasteiger partial charge >= 0.3 is 5.97 Å². The zero-order valence-electron chi connectivity index (χ0n) is 12.0. The second kappa shape index (κ2) is 6.23. The number of benzene rings is 1. The van der Waals surface area contributed by atoms with Crippen LogP contribution in [0.2, 0.25) is 0 Å². The molecule has 8 heteroatoms. The van der Waals surface area contributed by atoms with Crippen molar-refractivity contribution in [3.8, 4) is 0 Å². The molecule has 1 unspecified atom stereocenters. The lowest BCUT2D eigenvalue weighted by atomic mass is 10.1. The Morgan fingerprint density at radius 1 is 1.38 bits per heavy atom. The van der Waals surface area contributed by atoms with Crippen molar-refractivity contribution in [1.29, 1.82) is 0 Å². The summed E-state index contributed by atoms with van der Waals surface area (Å²) in [5, 5.41) is 9.06. The first-order chi connectivity index (χ1) is 9.62. The molecule has 1 atom stereocenters. The predicted molar refractivity (Wildman–Crippen MR) is 76.4 cm³/mol. The van der Waals surface area contributed by atoms with Crippen LogP contribution in [0.4, 0.5) is 0 Å². The molecule has 21 heavy (non-hydrogen) atoms. The van der Waals surface area contributed by atoms with Gasteiger partial charge in [0.1, 0.15) is 6.04 Å². The van der Waals surface area contributed by atoms with Crippen LogP contribution in [0.5, 0.6) is 0 Å². The zero-order chi connectivity index (χ0) is 16.4. The van der Waals surface area contributed by atoms with E-state index in [1.54, 1.807) is 13.8 Å². The quantitative estimate of drug-likeness (QED) is 0.796. The largest absolute Gasteiger partial charge is 0.480 e. The Labute approximate surface area is 123 Å². The molecule has 116 valence electrons. The van der Waals surface area contributed by atoms with Crippen LogP contribution in [0, 0.1) is 6.92 Å². The molecule has 0 aliphatic rings. The highest BCUT2D eigenvalue weighted by Crippen LogP contribution is 2.21. The van der Waals surface area contributed by atoms with Gasteiger partial charge in [-0.2, -0.15) is 4.31 Å². The Morgan fingerprint density at radius 2 is 1.95 bits per heavy atom. The van der Waals surface area contributed by atoms with Gasteiger partial charge in [0.05, 0.1) is 4.90 Å². The number of sulfonamides is 1. The summed E-state index contributed by atoms with van der Waals surface area (Å²) in [5.74, 6) is -1.97. The fourth-order valence-electron chi connectivity index (χ4n) is 1.95. The molecule has 7 nitrogen and oxygen atoms in total. The molecule has 0 aromatic heterocycles. The van der Waals surface area contributed by atoms with Crippen molar-refractivity contribution >= 4 is 21.9 Å². The van der Waals surface area contributed by atoms with Crippen molar-refractivity contribution in [1.82, 2.24) is 4.31 Å². The standard InChI is InChI=1S/C13H18N2O5S/c1-4-11(13(17)18)15(3)21(19,20)9-6-5-8(2)10(7-9)12(14)16/h5-7,11H,4H2,1-3H3,(H2,14,16)(H,17,18). The number of nitrogens with two attached hydrogens (primary N) is 1. The average Bonchev–Trinajstić information content (AvgIpc) is 2.38. The maximum atomic E-state index is 12.4. The summed E-state index contributed by atoms with van der Waals surface area (Å²) >= 11 is 0. The molecule has 0 saturated heterocycles. The normalized spacial score (nSPS) is 13.1. The van der Waals surface area contributed by atoms with Crippen molar-refractivity contribution < 1.29 is 23.1 Å². The summed E-state index contributed by atoms with van der Waals surface area (Å²) in [5.41, 5.74) is 5.84. The number of amides is 1. The molecule has 0 radical (unpaired) electrons. The van der Waals surface area contributed by atoms with Gasteiger partial charge in [-0.05, 0) is 31.0 Å². The minimum atomic E-state index is -4.02. The molecule has 0 aliphatic carbocycles. The summed E-state index contributed by atoms with van der Waals surface area (Å²) in [6.45, 7) is 3.21. The molecule has 1 aromatic rings. The molecular formula is C13H18N2O5S. The van der Waals surface area contributed by atoms with E-state index in [0.717, 1.165) is 10.4 Å². The Hall–Kier alpha value is -1.93. The van der Waals surface area contributed by atoms with Crippen LogP contribution in [0.1, 0.15) is 29.3 Å². The maximum Gasteiger partial charge on any atom is 0.321 e. The lowest BCUT2D eigenvalue weighted by Crippen LogP contribution is -2.41. The van der Waals surface area contributed by atoms with Gasteiger partial charge in [0.25, 0.3) is 0 Å². The van der Waals surface area contributed by atoms with E-state index in [1.807, 2.05) is 0 Å². The van der Waals surface area contributed by atoms with Crippen LogP contribution >= 0.6 is 0 Å². The molecule has 0 saturated carbocycles. The topological polar surface area (TPSA) is 118 Å². The highest BCUT2D eigenvalue weighted by Gasteiger charge is 2.31. The Bertz CT molecular complexity index is 669. The van der Waals surface area contributed by atoms with E-state index in [9.17, 15) is 18.0 Å². The van der Waals surface area contributed by atoms with Crippen LogP contribution < -0.4 is 5.73 Å². The number of likely N-dealkylation sites (N-methyl/N-ethyl adjacent to an activating group) is 1. The van der Waals surface area contributed by atoms with Gasteiger partial charge in [0.2, 0.25) is 15.9 Å². The molecule has 1 rings (SSSR count). The molecule has 3 N–H and O–H groups in total. The number of aliphatic carboxylic acids is 1. The third-order valence-corrected chi connectivity index (χ3v) is 5.12. The summed E-state index contributed by atoms with van der Waals surface area (Å²) in [6.07, 6.45) is 0.125. The average molecular weight is 314 g/mol. The van der Waals surface area contributed by atoms with Crippen molar-refractivity contribution in [3.63, 3.8) is 0 Å². The van der Waals surface area contributed by atoms with Gasteiger partial charge in [0.15, 0.2) is 0 Å². The third kappa shape index (κ3) is 3.40. The lowest BCUT2D eigenvalue weighted by Gasteiger charge is -2.23. The van der Waals surface area contributed by atoms with Crippen LogP contribution in [-0.4, -0.2) is 42.8 Å². The van der Waals surface area contributed by atoms with Crippen LogP contribution in [0.3, 0.4) is 0 Å². The number of aryl methyl sites for hydroxylation is 1. The van der Waals surface area contributed by atoms with E-state index in [1.165, 1.54) is 19.2 Å². The van der Waals surface area contributed by atoms with Crippen molar-refractivity contribution in [2.45, 2.75) is 31.2 Å². The Kier molecular flexibility index (Phi) is 5.08. The predicted octanol–water partition coefficient (Wildman–Crippen LogP) is 0.578. The summed E-state index contributed by atoms with van der Waals surface area (Å²) in [7, 11) is -2.83. The third-order valence-electron chi connectivity index (χ3n) is 3.26. The number of carboxylic acid groups (broad SMARTS) is 1. The molecule has 0 fully saturated rings. The first-order valence-corrected chi connectivity index (χ1v) is 7.68. The molecule has 0 heterocycles. The molecular weight excluding hydrogens is 296 g/mol. The molecule has 1 amide bonds. The summed E-state index contributed by atoms with van der Waals surface area (Å²) in [6, 6.07) is 2.77. The summed E-state index contributed by atoms with van der Waals surface area (Å²) < 4.78 is 25.6. The monoisotopic (exact) mass is 314 g/mol. The lowest BCUT2D eigenvalue weighted by molar-refractivity contribution is -0.141. The van der Waals surface area contributed by atoms with Crippen LogP contribution in [0.25, 0.3) is 0 Å². The Balaban J connectivity index is 3.34. The highest BCUT2D eigenvalue weighted by molar-refractivity contribution is 7.89.